The minimum absolute atomic E-state index is 0. The number of amides is 5. The van der Waals surface area contributed by atoms with Crippen LogP contribution in [0.4, 0.5) is 0 Å². The minimum atomic E-state index is -4.28. The number of benzene rings is 2. The molecule has 1 aliphatic rings. The normalized spacial score (nSPS) is 14.5. The second-order valence-corrected chi connectivity index (χ2v) is 12.9. The molecule has 0 aromatic heterocycles. The Balaban J connectivity index is 0.00000768. The molecule has 0 saturated carbocycles. The summed E-state index contributed by atoms with van der Waals surface area (Å²) in [6.45, 7) is 3.37. The van der Waals surface area contributed by atoms with Crippen LogP contribution in [0.1, 0.15) is 59.4 Å². The molecule has 0 saturated heterocycles. The van der Waals surface area contributed by atoms with E-state index in [2.05, 4.69) is 10.6 Å². The van der Waals surface area contributed by atoms with Gasteiger partial charge in [-0.15, -0.1) is 0 Å². The summed E-state index contributed by atoms with van der Waals surface area (Å²) < 4.78 is 37.7. The first-order chi connectivity index (χ1) is 21.7. The number of nitrogens with one attached hydrogen (secondary N) is 3. The van der Waals surface area contributed by atoms with Crippen LogP contribution in [0.3, 0.4) is 0 Å². The summed E-state index contributed by atoms with van der Waals surface area (Å²) in [6.07, 6.45) is 0.749. The van der Waals surface area contributed by atoms with Crippen LogP contribution < -0.4 is 50.4 Å². The molecule has 4 N–H and O–H groups in total. The van der Waals surface area contributed by atoms with E-state index in [-0.39, 0.29) is 72.5 Å². The summed E-state index contributed by atoms with van der Waals surface area (Å²) in [5, 5.41) is 14.8. The third-order valence-electron chi connectivity index (χ3n) is 7.55. The number of hydroxylamine groups is 1. The molecule has 2 aromatic rings. The van der Waals surface area contributed by atoms with Gasteiger partial charge in [0.1, 0.15) is 11.8 Å². The molecular weight excluding hydrogens is 643 g/mol. The second kappa shape index (κ2) is 18.3. The molecule has 0 radical (unpaired) electrons. The number of hydrogen-bond acceptors (Lipinski definition) is 10. The minimum Gasteiger partial charge on any atom is -0.748 e. The van der Waals surface area contributed by atoms with Gasteiger partial charge >= 0.3 is 29.6 Å². The van der Waals surface area contributed by atoms with E-state index < -0.39 is 69.8 Å². The quantitative estimate of drug-likeness (QED) is 0.0369. The van der Waals surface area contributed by atoms with Gasteiger partial charge < -0.3 is 19.9 Å². The molecule has 14 nitrogen and oxygen atoms in total. The number of ether oxygens (including phenoxy) is 1. The van der Waals surface area contributed by atoms with E-state index in [1.165, 1.54) is 19.2 Å². The van der Waals surface area contributed by atoms with E-state index >= 15 is 0 Å². The number of carbonyl (C=O) groups is 5. The summed E-state index contributed by atoms with van der Waals surface area (Å²) >= 11 is 0. The van der Waals surface area contributed by atoms with Gasteiger partial charge in [0.2, 0.25) is 17.7 Å². The van der Waals surface area contributed by atoms with Gasteiger partial charge in [0, 0.05) is 25.8 Å². The van der Waals surface area contributed by atoms with Crippen molar-refractivity contribution in [3.8, 4) is 5.75 Å². The number of carbonyl (C=O) groups excluding carboxylic acids is 5. The van der Waals surface area contributed by atoms with Gasteiger partial charge in [0.15, 0.2) is 0 Å². The Kier molecular flexibility index (Phi) is 15.5. The maximum Gasteiger partial charge on any atom is 1.00 e. The van der Waals surface area contributed by atoms with E-state index in [9.17, 15) is 42.2 Å². The fourth-order valence-corrected chi connectivity index (χ4v) is 5.79. The maximum atomic E-state index is 13.8. The van der Waals surface area contributed by atoms with Crippen molar-refractivity contribution in [1.82, 2.24) is 21.0 Å². The molecule has 0 bridgehead atoms. The summed E-state index contributed by atoms with van der Waals surface area (Å²) in [6, 6.07) is 11.8. The van der Waals surface area contributed by atoms with Gasteiger partial charge in [-0.05, 0) is 55.0 Å². The van der Waals surface area contributed by atoms with E-state index in [0.29, 0.717) is 17.7 Å². The van der Waals surface area contributed by atoms with Crippen LogP contribution in [0.5, 0.6) is 5.75 Å². The van der Waals surface area contributed by atoms with Crippen LogP contribution in [0.25, 0.3) is 0 Å². The molecule has 0 aliphatic carbocycles. The number of imide groups is 1. The molecule has 250 valence electrons. The Morgan fingerprint density at radius 2 is 1.51 bits per heavy atom. The van der Waals surface area contributed by atoms with Gasteiger partial charge in [-0.3, -0.25) is 34.1 Å². The molecule has 3 atom stereocenters. The molecule has 47 heavy (non-hydrogen) atoms. The van der Waals surface area contributed by atoms with Crippen molar-refractivity contribution in [3.05, 3.63) is 65.2 Å². The van der Waals surface area contributed by atoms with Crippen LogP contribution in [0.15, 0.2) is 48.5 Å². The van der Waals surface area contributed by atoms with Crippen molar-refractivity contribution >= 4 is 39.7 Å². The molecule has 16 heteroatoms. The number of rotatable bonds is 17. The average molecular weight is 683 g/mol. The van der Waals surface area contributed by atoms with Crippen LogP contribution in [0, 0.1) is 17.8 Å². The Labute approximate surface area is 296 Å². The Bertz CT molecular complexity index is 1500. The first kappa shape index (κ1) is 39.8. The van der Waals surface area contributed by atoms with Gasteiger partial charge in [0.25, 0.3) is 11.8 Å². The molecule has 0 fully saturated rings. The SMILES string of the molecule is CNC(=O)[C@H](Cc1ccc(OCCCCS(=O)(=O)[O-])cc1)NC(=O)[C@H](CC(C)C)C(CN1C(=O)c2ccccc2C1=O)C(=O)NO.[Na+]. The number of fused-ring (bicyclic) bond motifs is 1. The van der Waals surface area contributed by atoms with Crippen molar-refractivity contribution < 1.29 is 76.4 Å². The average Bonchev–Trinajstić information content (AvgIpc) is 3.26. The van der Waals surface area contributed by atoms with E-state index in [1.54, 1.807) is 41.9 Å². The molecule has 3 rings (SSSR count). The molecule has 1 heterocycles. The smallest absolute Gasteiger partial charge is 0.748 e. The fourth-order valence-electron chi connectivity index (χ4n) is 5.23. The van der Waals surface area contributed by atoms with Gasteiger partial charge in [-0.2, -0.15) is 0 Å². The van der Waals surface area contributed by atoms with Crippen LogP contribution in [-0.2, 0) is 30.9 Å². The monoisotopic (exact) mass is 682 g/mol. The number of nitrogens with zero attached hydrogens (tertiary/aromatic N) is 1. The first-order valence-corrected chi connectivity index (χ1v) is 16.4. The fraction of sp³-hybridized carbons (Fsp3) is 0.452. The van der Waals surface area contributed by atoms with E-state index in [1.807, 2.05) is 13.8 Å². The number of likely N-dealkylation sites (N-methyl/N-ethyl adjacent to an activating group) is 1. The zero-order chi connectivity index (χ0) is 34.0. The van der Waals surface area contributed by atoms with Gasteiger partial charge in [-0.1, -0.05) is 38.1 Å². The molecule has 5 amide bonds. The largest absolute Gasteiger partial charge is 1.00 e. The van der Waals surface area contributed by atoms with E-state index in [4.69, 9.17) is 4.74 Å². The zero-order valence-electron chi connectivity index (χ0n) is 26.9. The summed E-state index contributed by atoms with van der Waals surface area (Å²) in [5.74, 6) is -5.94. The molecule has 0 spiro atoms. The second-order valence-electron chi connectivity index (χ2n) is 11.4. The van der Waals surface area contributed by atoms with Crippen LogP contribution in [-0.4, -0.2) is 84.6 Å². The standard InChI is InChI=1S/C31H40N4O10S.Na/c1-19(2)16-24(25(28(37)34-41)18-35-30(39)22-8-4-5-9-23(22)31(35)40)27(36)33-26(29(38)32-3)17-20-10-12-21(13-11-20)45-14-6-7-15-46(42,43)44;/h4-5,8-13,19,24-26,41H,6-7,14-18H2,1-3H3,(H,32,38)(H,33,36)(H,34,37)(H,42,43,44);/q;+1/p-1/t24-,25?,26+;/m1./s1. The van der Waals surface area contributed by atoms with Crippen molar-refractivity contribution in [2.75, 3.05) is 26.0 Å². The molecule has 1 aliphatic heterocycles. The molecule has 2 aromatic carbocycles. The predicted molar refractivity (Wildman–Crippen MR) is 164 cm³/mol. The Hall–Kier alpha value is -3.34. The summed E-state index contributed by atoms with van der Waals surface area (Å²) in [5.41, 5.74) is 2.57. The van der Waals surface area contributed by atoms with Crippen LogP contribution in [0.2, 0.25) is 0 Å². The van der Waals surface area contributed by atoms with Crippen molar-refractivity contribution in [2.24, 2.45) is 17.8 Å². The molecule has 1 unspecified atom stereocenters. The third kappa shape index (κ3) is 11.4. The molecular formula is C31H39N4NaO10S. The van der Waals surface area contributed by atoms with E-state index in [0.717, 1.165) is 4.90 Å². The van der Waals surface area contributed by atoms with Crippen molar-refractivity contribution in [2.45, 2.75) is 45.6 Å². The third-order valence-corrected chi connectivity index (χ3v) is 8.34. The Morgan fingerprint density at radius 3 is 2.02 bits per heavy atom. The van der Waals surface area contributed by atoms with Gasteiger partial charge in [-0.25, -0.2) is 13.9 Å². The summed E-state index contributed by atoms with van der Waals surface area (Å²) in [4.78, 5) is 66.6. The first-order valence-electron chi connectivity index (χ1n) is 14.8. The predicted octanol–water partition coefficient (Wildman–Crippen LogP) is -1.75. The maximum absolute atomic E-state index is 13.8. The van der Waals surface area contributed by atoms with Crippen molar-refractivity contribution in [3.63, 3.8) is 0 Å². The topological polar surface area (TPSA) is 211 Å². The Morgan fingerprint density at radius 1 is 0.915 bits per heavy atom. The van der Waals surface area contributed by atoms with Crippen LogP contribution >= 0.6 is 0 Å². The zero-order valence-corrected chi connectivity index (χ0v) is 29.7. The van der Waals surface area contributed by atoms with Crippen molar-refractivity contribution in [1.29, 1.82) is 0 Å². The van der Waals surface area contributed by atoms with Gasteiger partial charge in [0.05, 0.1) is 39.7 Å². The number of hydrogen-bond donors (Lipinski definition) is 4. The number of unbranched alkanes of at least 4 members (excludes halogenated alkanes) is 1. The summed E-state index contributed by atoms with van der Waals surface area (Å²) in [7, 11) is -2.87.